The molecule has 3 nitrogen and oxygen atoms in total. The number of halogens is 9. The first-order chi connectivity index (χ1) is 7.31. The third-order valence-corrected chi connectivity index (χ3v) is 2.46. The molecule has 0 unspecified atom stereocenters. The van der Waals surface area contributed by atoms with E-state index in [-0.39, 0.29) is 0 Å². The molecule has 0 saturated carbocycles. The predicted molar refractivity (Wildman–Crippen MR) is 33.3 cm³/mol. The zero-order chi connectivity index (χ0) is 14.1. The molecule has 0 radical (unpaired) electrons. The monoisotopic (exact) mass is 300 g/mol. The van der Waals surface area contributed by atoms with Crippen LogP contribution in [-0.4, -0.2) is 28.5 Å². The van der Waals surface area contributed by atoms with Crippen LogP contribution < -0.4 is 0 Å². The van der Waals surface area contributed by atoms with Crippen molar-refractivity contribution < 1.29 is 54.1 Å². The minimum Gasteiger partial charge on any atom is -0.220 e. The van der Waals surface area contributed by atoms with Crippen LogP contribution in [0.3, 0.4) is 0 Å². The fourth-order valence-electron chi connectivity index (χ4n) is 0.690. The molecule has 0 aliphatic heterocycles. The molecule has 0 atom stereocenters. The van der Waals surface area contributed by atoms with E-state index in [0.717, 1.165) is 0 Å². The fraction of sp³-hybridized carbons (Fsp3) is 1.00. The molecular formula is C4HF9O3S. The van der Waals surface area contributed by atoms with E-state index in [0.29, 0.717) is 0 Å². The Morgan fingerprint density at radius 2 is 1.00 bits per heavy atom. The van der Waals surface area contributed by atoms with Crippen LogP contribution in [0.25, 0.3) is 0 Å². The van der Waals surface area contributed by atoms with E-state index in [4.69, 9.17) is 5.26 Å². The normalized spacial score (nSPS) is 15.2. The topological polar surface area (TPSA) is 38.7 Å². The second-order valence-corrected chi connectivity index (χ2v) is 3.32. The lowest BCUT2D eigenvalue weighted by Crippen LogP contribution is -2.63. The highest BCUT2D eigenvalue weighted by Gasteiger charge is 2.85. The Bertz CT molecular complexity index is 218. The van der Waals surface area contributed by atoms with Crippen molar-refractivity contribution in [2.75, 3.05) is 0 Å². The summed E-state index contributed by atoms with van der Waals surface area (Å²) in [5.74, 6) is 0. The molecule has 0 heterocycles. The van der Waals surface area contributed by atoms with Crippen LogP contribution in [0.4, 0.5) is 39.5 Å². The molecule has 0 aromatic rings. The van der Waals surface area contributed by atoms with Gasteiger partial charge in [0.15, 0.2) is 0 Å². The van der Waals surface area contributed by atoms with Gasteiger partial charge in [-0.05, 0) is 0 Å². The zero-order valence-corrected chi connectivity index (χ0v) is 7.89. The number of hydrogen-bond donors (Lipinski definition) is 1. The van der Waals surface area contributed by atoms with E-state index in [1.165, 1.54) is 0 Å². The smallest absolute Gasteiger partial charge is 0.220 e. The maximum atomic E-state index is 12.0. The highest BCUT2D eigenvalue weighted by atomic mass is 32.2. The largest absolute Gasteiger partial charge is 0.423 e. The van der Waals surface area contributed by atoms with Gasteiger partial charge in [-0.25, -0.2) is 5.26 Å². The van der Waals surface area contributed by atoms with Crippen molar-refractivity contribution >= 4 is 12.0 Å². The summed E-state index contributed by atoms with van der Waals surface area (Å²) in [6.07, 6.45) is -20.3. The zero-order valence-electron chi connectivity index (χ0n) is 7.07. The van der Waals surface area contributed by atoms with Gasteiger partial charge < -0.3 is 0 Å². The van der Waals surface area contributed by atoms with E-state index >= 15 is 0 Å². The van der Waals surface area contributed by atoms with Gasteiger partial charge in [-0.1, -0.05) is 5.04 Å². The predicted octanol–water partition coefficient (Wildman–Crippen LogP) is 3.48. The molecule has 13 heteroatoms. The highest BCUT2D eigenvalue weighted by molar-refractivity contribution is 7.96. The van der Waals surface area contributed by atoms with Gasteiger partial charge in [0.2, 0.25) is 0 Å². The molecule has 0 aliphatic carbocycles. The molecule has 0 fully saturated rings. The quantitative estimate of drug-likeness (QED) is 0.375. The molecule has 0 aromatic heterocycles. The molecule has 0 saturated heterocycles. The summed E-state index contributed by atoms with van der Waals surface area (Å²) < 4.78 is 105. The summed E-state index contributed by atoms with van der Waals surface area (Å²) in [7, 11) is 0. The Balaban J connectivity index is 5.75. The molecular weight excluding hydrogens is 299 g/mol. The van der Waals surface area contributed by atoms with Crippen molar-refractivity contribution in [3.63, 3.8) is 0 Å². The lowest BCUT2D eigenvalue weighted by Gasteiger charge is -2.35. The molecule has 104 valence electrons. The average molecular weight is 300 g/mol. The van der Waals surface area contributed by atoms with Crippen LogP contribution in [-0.2, 0) is 9.37 Å². The molecule has 0 rings (SSSR count). The van der Waals surface area contributed by atoms with Crippen molar-refractivity contribution in [3.8, 4) is 0 Å². The summed E-state index contributed by atoms with van der Waals surface area (Å²) in [4.78, 5) is 0. The SMILES string of the molecule is OOOSC(C(F)(F)F)(C(F)(F)F)C(F)(F)F. The van der Waals surface area contributed by atoms with Crippen molar-refractivity contribution in [1.29, 1.82) is 0 Å². The molecule has 0 aromatic carbocycles. The molecule has 0 bridgehead atoms. The molecule has 0 aliphatic rings. The van der Waals surface area contributed by atoms with E-state index in [2.05, 4.69) is 9.37 Å². The Morgan fingerprint density at radius 1 is 0.706 bits per heavy atom. The molecule has 0 spiro atoms. The van der Waals surface area contributed by atoms with Crippen molar-refractivity contribution in [2.24, 2.45) is 0 Å². The van der Waals surface area contributed by atoms with Crippen molar-refractivity contribution in [2.45, 2.75) is 23.3 Å². The Kier molecular flexibility index (Phi) is 4.59. The van der Waals surface area contributed by atoms with Gasteiger partial charge in [0, 0.05) is 0 Å². The van der Waals surface area contributed by atoms with E-state index in [1.807, 2.05) is 0 Å². The first-order valence-corrected chi connectivity index (χ1v) is 3.91. The minimum atomic E-state index is -6.77. The Hall–Kier alpha value is -0.400. The summed E-state index contributed by atoms with van der Waals surface area (Å²) in [5.41, 5.74) is 0. The number of hydrogen-bond acceptors (Lipinski definition) is 4. The van der Waals surface area contributed by atoms with Crippen LogP contribution in [0.2, 0.25) is 0 Å². The summed E-state index contributed by atoms with van der Waals surface area (Å²) in [6.45, 7) is 0. The van der Waals surface area contributed by atoms with Gasteiger partial charge in [-0.3, -0.25) is 0 Å². The highest BCUT2D eigenvalue weighted by Crippen LogP contribution is 2.60. The van der Waals surface area contributed by atoms with Crippen LogP contribution in [0.5, 0.6) is 0 Å². The van der Waals surface area contributed by atoms with Crippen molar-refractivity contribution in [3.05, 3.63) is 0 Å². The Labute approximate surface area is 90.5 Å². The van der Waals surface area contributed by atoms with Crippen LogP contribution >= 0.6 is 12.0 Å². The minimum absolute atomic E-state index is 2.16. The van der Waals surface area contributed by atoms with Gasteiger partial charge in [0.25, 0.3) is 0 Å². The van der Waals surface area contributed by atoms with Gasteiger partial charge in [0.1, 0.15) is 0 Å². The van der Waals surface area contributed by atoms with E-state index in [9.17, 15) is 39.5 Å². The van der Waals surface area contributed by atoms with Gasteiger partial charge in [-0.15, -0.1) is 4.33 Å². The molecule has 17 heavy (non-hydrogen) atoms. The van der Waals surface area contributed by atoms with Crippen LogP contribution in [0.1, 0.15) is 0 Å². The van der Waals surface area contributed by atoms with Crippen molar-refractivity contribution in [1.82, 2.24) is 0 Å². The van der Waals surface area contributed by atoms with Gasteiger partial charge >= 0.3 is 23.3 Å². The average Bonchev–Trinajstić information content (AvgIpc) is 1.96. The Morgan fingerprint density at radius 3 is 1.18 bits per heavy atom. The third kappa shape index (κ3) is 2.89. The summed E-state index contributed by atoms with van der Waals surface area (Å²) in [6, 6.07) is 0. The number of alkyl halides is 9. The lowest BCUT2D eigenvalue weighted by atomic mass is 10.1. The maximum Gasteiger partial charge on any atom is 0.423 e. The number of rotatable bonds is 3. The lowest BCUT2D eigenvalue weighted by molar-refractivity contribution is -0.436. The first kappa shape index (κ1) is 16.6. The van der Waals surface area contributed by atoms with E-state index < -0.39 is 35.3 Å². The van der Waals surface area contributed by atoms with Gasteiger partial charge in [0.05, 0.1) is 12.0 Å². The van der Waals surface area contributed by atoms with Gasteiger partial charge in [-0.2, -0.15) is 39.5 Å². The van der Waals surface area contributed by atoms with Crippen LogP contribution in [0.15, 0.2) is 0 Å². The summed E-state index contributed by atoms with van der Waals surface area (Å²) >= 11 is -2.16. The van der Waals surface area contributed by atoms with E-state index in [1.54, 1.807) is 0 Å². The van der Waals surface area contributed by atoms with Crippen LogP contribution in [0, 0.1) is 0 Å². The standard InChI is InChI=1S/C4HF9O3S/c5-2(6,7)1(3(8,9)10,4(11,12)13)17-16-15-14/h14H. The second kappa shape index (κ2) is 4.70. The summed E-state index contributed by atoms with van der Waals surface area (Å²) in [5, 5.41) is 9.73. The fourth-order valence-corrected chi connectivity index (χ4v) is 1.11. The first-order valence-electron chi connectivity index (χ1n) is 3.17. The maximum absolute atomic E-state index is 12.0. The third-order valence-electron chi connectivity index (χ3n) is 1.39. The molecule has 0 amide bonds. The molecule has 1 N–H and O–H groups in total. The second-order valence-electron chi connectivity index (χ2n) is 2.40.